The lowest BCUT2D eigenvalue weighted by molar-refractivity contribution is -0.00671. The fraction of sp³-hybridized carbons (Fsp3) is 0.296. The minimum atomic E-state index is -0.498. The normalized spacial score (nSPS) is 10.6. The van der Waals surface area contributed by atoms with E-state index < -0.39 is 5.97 Å². The smallest absolute Gasteiger partial charge is 0.338 e. The van der Waals surface area contributed by atoms with Gasteiger partial charge in [-0.05, 0) is 35.0 Å². The van der Waals surface area contributed by atoms with Crippen molar-refractivity contribution in [2.24, 2.45) is 0 Å². The number of nitriles is 1. The zero-order valence-corrected chi connectivity index (χ0v) is 19.3. The number of hydrogen-bond donors (Lipinski definition) is 0. The highest BCUT2D eigenvalue weighted by atomic mass is 16.6. The summed E-state index contributed by atoms with van der Waals surface area (Å²) in [6.07, 6.45) is 0. The van der Waals surface area contributed by atoms with Crippen molar-refractivity contribution in [2.75, 3.05) is 52.9 Å². The van der Waals surface area contributed by atoms with E-state index in [1.54, 1.807) is 24.3 Å². The van der Waals surface area contributed by atoms with Gasteiger partial charge in [0.15, 0.2) is 0 Å². The summed E-state index contributed by atoms with van der Waals surface area (Å²) in [5, 5.41) is 10.7. The SMILES string of the molecule is N#Cc1cccc(C(=O)OCCOCCOCCOCCOC(=O)c2cccc3ccccc23)c1. The number of carbonyl (C=O) groups is 2. The number of rotatable bonds is 14. The molecule has 182 valence electrons. The maximum absolute atomic E-state index is 12.3. The number of ether oxygens (including phenoxy) is 5. The van der Waals surface area contributed by atoms with Crippen LogP contribution in [0.15, 0.2) is 66.7 Å². The van der Waals surface area contributed by atoms with E-state index in [-0.39, 0.29) is 32.4 Å². The van der Waals surface area contributed by atoms with Gasteiger partial charge in [0.05, 0.1) is 62.4 Å². The Morgan fingerprint density at radius 3 is 1.91 bits per heavy atom. The second kappa shape index (κ2) is 14.5. The molecule has 0 saturated carbocycles. The molecule has 8 nitrogen and oxygen atoms in total. The van der Waals surface area contributed by atoms with Gasteiger partial charge in [0.1, 0.15) is 13.2 Å². The first-order valence-electron chi connectivity index (χ1n) is 11.2. The van der Waals surface area contributed by atoms with Crippen LogP contribution in [-0.4, -0.2) is 64.8 Å². The molecule has 8 heteroatoms. The average Bonchev–Trinajstić information content (AvgIpc) is 2.90. The van der Waals surface area contributed by atoms with Crippen LogP contribution < -0.4 is 0 Å². The van der Waals surface area contributed by atoms with Gasteiger partial charge in [0.25, 0.3) is 0 Å². The van der Waals surface area contributed by atoms with Crippen LogP contribution in [0.5, 0.6) is 0 Å². The Hall–Kier alpha value is -3.77. The van der Waals surface area contributed by atoms with Crippen molar-refractivity contribution in [1.82, 2.24) is 0 Å². The van der Waals surface area contributed by atoms with E-state index in [0.29, 0.717) is 43.1 Å². The maximum atomic E-state index is 12.3. The van der Waals surface area contributed by atoms with E-state index in [9.17, 15) is 9.59 Å². The molecule has 35 heavy (non-hydrogen) atoms. The predicted molar refractivity (Wildman–Crippen MR) is 128 cm³/mol. The molecule has 0 unspecified atom stereocenters. The molecule has 0 heterocycles. The van der Waals surface area contributed by atoms with Crippen molar-refractivity contribution < 1.29 is 33.3 Å². The third kappa shape index (κ3) is 8.50. The first kappa shape index (κ1) is 25.8. The second-order valence-corrected chi connectivity index (χ2v) is 7.33. The Bertz CT molecular complexity index is 1150. The van der Waals surface area contributed by atoms with Crippen LogP contribution in [0.2, 0.25) is 0 Å². The summed E-state index contributed by atoms with van der Waals surface area (Å²) in [5.74, 6) is -0.873. The molecule has 0 fully saturated rings. The number of esters is 2. The van der Waals surface area contributed by atoms with Gasteiger partial charge in [-0.3, -0.25) is 0 Å². The van der Waals surface area contributed by atoms with Crippen LogP contribution in [0, 0.1) is 11.3 Å². The van der Waals surface area contributed by atoms with Crippen LogP contribution in [0.1, 0.15) is 26.3 Å². The lowest BCUT2D eigenvalue weighted by Crippen LogP contribution is -2.15. The van der Waals surface area contributed by atoms with E-state index in [0.717, 1.165) is 10.8 Å². The number of carbonyl (C=O) groups excluding carboxylic acids is 2. The molecule has 3 rings (SSSR count). The fourth-order valence-corrected chi connectivity index (χ4v) is 3.21. The Morgan fingerprint density at radius 1 is 0.657 bits per heavy atom. The summed E-state index contributed by atoms with van der Waals surface area (Å²) >= 11 is 0. The average molecular weight is 478 g/mol. The largest absolute Gasteiger partial charge is 0.460 e. The Kier molecular flexibility index (Phi) is 10.7. The zero-order chi connectivity index (χ0) is 24.7. The summed E-state index contributed by atoms with van der Waals surface area (Å²) in [5.41, 5.74) is 1.27. The second-order valence-electron chi connectivity index (χ2n) is 7.33. The molecule has 0 radical (unpaired) electrons. The Balaban J connectivity index is 1.15. The monoisotopic (exact) mass is 477 g/mol. The van der Waals surface area contributed by atoms with Crippen LogP contribution >= 0.6 is 0 Å². The van der Waals surface area contributed by atoms with Crippen molar-refractivity contribution >= 4 is 22.7 Å². The third-order valence-electron chi connectivity index (χ3n) is 4.90. The van der Waals surface area contributed by atoms with Crippen molar-refractivity contribution in [1.29, 1.82) is 5.26 Å². The first-order chi connectivity index (χ1) is 17.2. The van der Waals surface area contributed by atoms with Crippen LogP contribution in [0.4, 0.5) is 0 Å². The van der Waals surface area contributed by atoms with Gasteiger partial charge in [0, 0.05) is 0 Å². The van der Waals surface area contributed by atoms with Gasteiger partial charge < -0.3 is 23.7 Å². The van der Waals surface area contributed by atoms with Gasteiger partial charge in [0.2, 0.25) is 0 Å². The molecule has 0 bridgehead atoms. The number of fused-ring (bicyclic) bond motifs is 1. The summed E-state index contributed by atoms with van der Waals surface area (Å²) in [4.78, 5) is 24.2. The standard InChI is InChI=1S/C27H27NO7/c28-20-21-5-3-8-23(19-21)26(29)34-17-15-32-13-11-31-12-14-33-16-18-35-27(30)25-10-4-7-22-6-1-2-9-24(22)25/h1-10,19H,11-18H2. The summed E-state index contributed by atoms with van der Waals surface area (Å²) in [7, 11) is 0. The molecular formula is C27H27NO7. The summed E-state index contributed by atoms with van der Waals surface area (Å²) in [6, 6.07) is 21.5. The third-order valence-corrected chi connectivity index (χ3v) is 4.90. The van der Waals surface area contributed by atoms with Gasteiger partial charge in [-0.25, -0.2) is 9.59 Å². The Labute approximate surface area is 203 Å². The van der Waals surface area contributed by atoms with Gasteiger partial charge in [-0.15, -0.1) is 0 Å². The predicted octanol–water partition coefficient (Wildman–Crippen LogP) is 3.78. The minimum absolute atomic E-state index is 0.107. The van der Waals surface area contributed by atoms with Crippen LogP contribution in [-0.2, 0) is 23.7 Å². The van der Waals surface area contributed by atoms with Gasteiger partial charge in [-0.2, -0.15) is 5.26 Å². The minimum Gasteiger partial charge on any atom is -0.460 e. The molecule has 3 aromatic carbocycles. The summed E-state index contributed by atoms with van der Waals surface area (Å²) in [6.45, 7) is 2.25. The zero-order valence-electron chi connectivity index (χ0n) is 19.3. The van der Waals surface area contributed by atoms with Crippen LogP contribution in [0.25, 0.3) is 10.8 Å². The molecule has 0 aromatic heterocycles. The lowest BCUT2D eigenvalue weighted by Gasteiger charge is -2.09. The number of benzene rings is 3. The van der Waals surface area contributed by atoms with Crippen molar-refractivity contribution in [3.63, 3.8) is 0 Å². The topological polar surface area (TPSA) is 104 Å². The molecule has 3 aromatic rings. The van der Waals surface area contributed by atoms with E-state index in [1.165, 1.54) is 6.07 Å². The van der Waals surface area contributed by atoms with E-state index in [2.05, 4.69) is 0 Å². The molecule has 0 N–H and O–H groups in total. The van der Waals surface area contributed by atoms with Crippen molar-refractivity contribution in [3.8, 4) is 6.07 Å². The molecule has 0 aliphatic carbocycles. The molecule has 0 saturated heterocycles. The van der Waals surface area contributed by atoms with E-state index in [1.807, 2.05) is 42.5 Å². The fourth-order valence-electron chi connectivity index (χ4n) is 3.21. The van der Waals surface area contributed by atoms with E-state index >= 15 is 0 Å². The van der Waals surface area contributed by atoms with Crippen LogP contribution in [0.3, 0.4) is 0 Å². The molecule has 0 aliphatic rings. The van der Waals surface area contributed by atoms with Crippen molar-refractivity contribution in [3.05, 3.63) is 83.4 Å². The molecule has 0 atom stereocenters. The first-order valence-corrected chi connectivity index (χ1v) is 11.2. The van der Waals surface area contributed by atoms with E-state index in [4.69, 9.17) is 28.9 Å². The Morgan fingerprint density at radius 2 is 1.23 bits per heavy atom. The maximum Gasteiger partial charge on any atom is 0.338 e. The molecule has 0 aliphatic heterocycles. The number of nitrogens with zero attached hydrogens (tertiary/aromatic N) is 1. The summed E-state index contributed by atoms with van der Waals surface area (Å²) < 4.78 is 26.6. The van der Waals surface area contributed by atoms with Crippen molar-refractivity contribution in [2.45, 2.75) is 0 Å². The molecule has 0 amide bonds. The molecular weight excluding hydrogens is 450 g/mol. The number of hydrogen-bond acceptors (Lipinski definition) is 8. The van der Waals surface area contributed by atoms with Gasteiger partial charge >= 0.3 is 11.9 Å². The molecule has 0 spiro atoms. The highest BCUT2D eigenvalue weighted by molar-refractivity contribution is 6.04. The highest BCUT2D eigenvalue weighted by Crippen LogP contribution is 2.19. The van der Waals surface area contributed by atoms with Gasteiger partial charge in [-0.1, -0.05) is 42.5 Å². The highest BCUT2D eigenvalue weighted by Gasteiger charge is 2.11. The quantitative estimate of drug-likeness (QED) is 0.255. The lowest BCUT2D eigenvalue weighted by atomic mass is 10.1.